The normalized spacial score (nSPS) is 10.8. The first-order valence-electron chi connectivity index (χ1n) is 5.54. The Labute approximate surface area is 106 Å². The van der Waals surface area contributed by atoms with Crippen LogP contribution in [-0.4, -0.2) is 12.0 Å². The van der Waals surface area contributed by atoms with Crippen molar-refractivity contribution in [2.75, 3.05) is 7.05 Å². The molecule has 2 aromatic rings. The van der Waals surface area contributed by atoms with Crippen molar-refractivity contribution in [3.63, 3.8) is 0 Å². The van der Waals surface area contributed by atoms with E-state index in [9.17, 15) is 0 Å². The summed E-state index contributed by atoms with van der Waals surface area (Å²) in [6, 6.07) is 8.40. The van der Waals surface area contributed by atoms with E-state index in [1.54, 1.807) is 11.8 Å². The van der Waals surface area contributed by atoms with Gasteiger partial charge in [-0.15, -0.1) is 0 Å². The maximum absolute atomic E-state index is 5.54. The molecule has 0 radical (unpaired) electrons. The van der Waals surface area contributed by atoms with Gasteiger partial charge < -0.3 is 9.73 Å². The molecule has 1 N–H and O–H groups in total. The quantitative estimate of drug-likeness (QED) is 0.902. The van der Waals surface area contributed by atoms with Crippen LogP contribution < -0.4 is 5.32 Å². The van der Waals surface area contributed by atoms with Crippen LogP contribution in [0.4, 0.5) is 0 Å². The van der Waals surface area contributed by atoms with Gasteiger partial charge in [0.1, 0.15) is 5.76 Å². The lowest BCUT2D eigenvalue weighted by atomic mass is 10.2. The molecule has 3 nitrogen and oxygen atoms in total. The average molecular weight is 248 g/mol. The molecule has 0 saturated carbocycles. The standard InChI is InChI=1S/C13H16N2OS/c1-9-10(2)16-13(15-9)17-12-6-4-11(5-7-12)8-14-3/h4-7,14H,8H2,1-3H3. The number of nitrogens with zero attached hydrogens (tertiary/aromatic N) is 1. The van der Waals surface area contributed by atoms with Gasteiger partial charge in [-0.3, -0.25) is 0 Å². The van der Waals surface area contributed by atoms with Crippen LogP contribution in [0, 0.1) is 13.8 Å². The van der Waals surface area contributed by atoms with Crippen molar-refractivity contribution in [3.8, 4) is 0 Å². The highest BCUT2D eigenvalue weighted by atomic mass is 32.2. The van der Waals surface area contributed by atoms with E-state index in [0.29, 0.717) is 5.22 Å². The predicted octanol–water partition coefficient (Wildman–Crippen LogP) is 3.16. The van der Waals surface area contributed by atoms with E-state index >= 15 is 0 Å². The average Bonchev–Trinajstić information content (AvgIpc) is 2.61. The van der Waals surface area contributed by atoms with Gasteiger partial charge >= 0.3 is 0 Å². The van der Waals surface area contributed by atoms with Crippen molar-refractivity contribution in [3.05, 3.63) is 41.3 Å². The minimum Gasteiger partial charge on any atom is -0.436 e. The number of hydrogen-bond donors (Lipinski definition) is 1. The van der Waals surface area contributed by atoms with Gasteiger partial charge in [-0.2, -0.15) is 0 Å². The van der Waals surface area contributed by atoms with Crippen LogP contribution in [-0.2, 0) is 6.54 Å². The van der Waals surface area contributed by atoms with E-state index in [1.165, 1.54) is 5.56 Å². The van der Waals surface area contributed by atoms with Gasteiger partial charge in [0.2, 0.25) is 0 Å². The van der Waals surface area contributed by atoms with E-state index in [4.69, 9.17) is 4.42 Å². The largest absolute Gasteiger partial charge is 0.436 e. The molecule has 0 fully saturated rings. The summed E-state index contributed by atoms with van der Waals surface area (Å²) in [5, 5.41) is 3.84. The summed E-state index contributed by atoms with van der Waals surface area (Å²) in [5.74, 6) is 0.888. The fourth-order valence-corrected chi connectivity index (χ4v) is 2.29. The number of rotatable bonds is 4. The minimum atomic E-state index is 0.710. The van der Waals surface area contributed by atoms with Crippen LogP contribution in [0.5, 0.6) is 0 Å². The van der Waals surface area contributed by atoms with E-state index in [0.717, 1.165) is 22.9 Å². The second kappa shape index (κ2) is 5.38. The Morgan fingerprint density at radius 2 is 1.94 bits per heavy atom. The topological polar surface area (TPSA) is 38.1 Å². The Hall–Kier alpha value is -1.26. The lowest BCUT2D eigenvalue weighted by Gasteiger charge is -2.01. The summed E-state index contributed by atoms with van der Waals surface area (Å²) in [7, 11) is 1.95. The number of oxazole rings is 1. The van der Waals surface area contributed by atoms with Crippen LogP contribution in [0.15, 0.2) is 38.8 Å². The highest BCUT2D eigenvalue weighted by Gasteiger charge is 2.07. The van der Waals surface area contributed by atoms with Crippen LogP contribution in [0.3, 0.4) is 0 Å². The molecule has 2 rings (SSSR count). The van der Waals surface area contributed by atoms with Crippen LogP contribution in [0.25, 0.3) is 0 Å². The molecule has 90 valence electrons. The number of aryl methyl sites for hydroxylation is 2. The molecular formula is C13H16N2OS. The van der Waals surface area contributed by atoms with E-state index in [-0.39, 0.29) is 0 Å². The van der Waals surface area contributed by atoms with Crippen molar-refractivity contribution in [2.45, 2.75) is 30.5 Å². The van der Waals surface area contributed by atoms with Crippen molar-refractivity contribution in [2.24, 2.45) is 0 Å². The number of hydrogen-bond acceptors (Lipinski definition) is 4. The first kappa shape index (κ1) is 12.2. The first-order valence-corrected chi connectivity index (χ1v) is 6.36. The monoisotopic (exact) mass is 248 g/mol. The van der Waals surface area contributed by atoms with Gasteiger partial charge in [-0.25, -0.2) is 4.98 Å². The molecule has 0 aliphatic rings. The lowest BCUT2D eigenvalue weighted by Crippen LogP contribution is -2.04. The van der Waals surface area contributed by atoms with Crippen molar-refractivity contribution in [1.82, 2.24) is 10.3 Å². The Bertz CT molecular complexity index is 471. The number of nitrogens with one attached hydrogen (secondary N) is 1. The van der Waals surface area contributed by atoms with Gasteiger partial charge in [0.25, 0.3) is 5.22 Å². The molecule has 0 bridgehead atoms. The van der Waals surface area contributed by atoms with E-state index in [2.05, 4.69) is 34.6 Å². The second-order valence-electron chi connectivity index (χ2n) is 3.90. The summed E-state index contributed by atoms with van der Waals surface area (Å²) in [4.78, 5) is 5.49. The fraction of sp³-hybridized carbons (Fsp3) is 0.308. The molecule has 0 spiro atoms. The van der Waals surface area contributed by atoms with Gasteiger partial charge in [0, 0.05) is 11.4 Å². The highest BCUT2D eigenvalue weighted by molar-refractivity contribution is 7.99. The van der Waals surface area contributed by atoms with Crippen LogP contribution >= 0.6 is 11.8 Å². The zero-order valence-corrected chi connectivity index (χ0v) is 11.1. The molecule has 1 heterocycles. The van der Waals surface area contributed by atoms with Gasteiger partial charge in [-0.05, 0) is 50.4 Å². The molecule has 0 atom stereocenters. The second-order valence-corrected chi connectivity index (χ2v) is 4.92. The zero-order chi connectivity index (χ0) is 12.3. The first-order chi connectivity index (χ1) is 8.19. The fourth-order valence-electron chi connectivity index (χ4n) is 1.47. The van der Waals surface area contributed by atoms with Gasteiger partial charge in [0.15, 0.2) is 0 Å². The third kappa shape index (κ3) is 3.11. The lowest BCUT2D eigenvalue weighted by molar-refractivity contribution is 0.431. The molecule has 0 aliphatic heterocycles. The SMILES string of the molecule is CNCc1ccc(Sc2nc(C)c(C)o2)cc1. The highest BCUT2D eigenvalue weighted by Crippen LogP contribution is 2.28. The summed E-state index contributed by atoms with van der Waals surface area (Å²) >= 11 is 1.55. The van der Waals surface area contributed by atoms with Crippen molar-refractivity contribution >= 4 is 11.8 Å². The predicted molar refractivity (Wildman–Crippen MR) is 69.3 cm³/mol. The van der Waals surface area contributed by atoms with Gasteiger partial charge in [-0.1, -0.05) is 12.1 Å². The number of benzene rings is 1. The van der Waals surface area contributed by atoms with Crippen molar-refractivity contribution in [1.29, 1.82) is 0 Å². The zero-order valence-electron chi connectivity index (χ0n) is 10.3. The molecule has 0 saturated heterocycles. The molecule has 1 aromatic carbocycles. The Balaban J connectivity index is 2.08. The Morgan fingerprint density at radius 1 is 1.24 bits per heavy atom. The summed E-state index contributed by atoms with van der Waals surface area (Å²) in [6.07, 6.45) is 0. The Morgan fingerprint density at radius 3 is 2.47 bits per heavy atom. The van der Waals surface area contributed by atoms with Crippen LogP contribution in [0.2, 0.25) is 0 Å². The number of aromatic nitrogens is 1. The van der Waals surface area contributed by atoms with E-state index < -0.39 is 0 Å². The summed E-state index contributed by atoms with van der Waals surface area (Å²) in [6.45, 7) is 4.78. The third-order valence-corrected chi connectivity index (χ3v) is 3.38. The molecule has 17 heavy (non-hydrogen) atoms. The molecule has 0 amide bonds. The maximum atomic E-state index is 5.54. The maximum Gasteiger partial charge on any atom is 0.260 e. The summed E-state index contributed by atoms with van der Waals surface area (Å²) in [5.41, 5.74) is 2.23. The molecule has 0 aliphatic carbocycles. The van der Waals surface area contributed by atoms with Crippen LogP contribution in [0.1, 0.15) is 17.0 Å². The summed E-state index contributed by atoms with van der Waals surface area (Å²) < 4.78 is 5.54. The minimum absolute atomic E-state index is 0.710. The smallest absolute Gasteiger partial charge is 0.260 e. The van der Waals surface area contributed by atoms with Gasteiger partial charge in [0.05, 0.1) is 5.69 Å². The molecular weight excluding hydrogens is 232 g/mol. The molecule has 1 aromatic heterocycles. The van der Waals surface area contributed by atoms with E-state index in [1.807, 2.05) is 20.9 Å². The van der Waals surface area contributed by atoms with Crippen molar-refractivity contribution < 1.29 is 4.42 Å². The third-order valence-electron chi connectivity index (χ3n) is 2.52. The molecule has 0 unspecified atom stereocenters. The molecule has 4 heteroatoms. The Kier molecular flexibility index (Phi) is 3.86.